The zero-order chi connectivity index (χ0) is 18.8. The summed E-state index contributed by atoms with van der Waals surface area (Å²) in [5.41, 5.74) is 0. The number of nitrogens with zero attached hydrogens (tertiary/aromatic N) is 4. The van der Waals surface area contributed by atoms with E-state index in [1.165, 1.54) is 37.4 Å². The Kier molecular flexibility index (Phi) is 5.73. The fourth-order valence-electron chi connectivity index (χ4n) is 2.88. The van der Waals surface area contributed by atoms with Gasteiger partial charge < -0.3 is 14.2 Å². The molecule has 4 rings (SSSR count). The lowest BCUT2D eigenvalue weighted by Crippen LogP contribution is -2.32. The number of aromatic nitrogens is 3. The second-order valence-corrected chi connectivity index (χ2v) is 8.98. The van der Waals surface area contributed by atoms with E-state index in [9.17, 15) is 4.79 Å². The van der Waals surface area contributed by atoms with E-state index in [-0.39, 0.29) is 5.91 Å². The standard InChI is InChI=1S/C19H23BrN4O2S/c1-23(10-11-26-16-8-4-14(20)5-9-16)17(25)12-27-19-22-21-18(13-2-3-13)24(19)15-6-7-15/h4-5,8-9,13,15H,2-3,6-7,10-12H2,1H3. The summed E-state index contributed by atoms with van der Waals surface area (Å²) in [6.07, 6.45) is 4.84. The van der Waals surface area contributed by atoms with Crippen LogP contribution in [-0.4, -0.2) is 51.5 Å². The number of ether oxygens (including phenoxy) is 1. The lowest BCUT2D eigenvalue weighted by Gasteiger charge is -2.17. The second-order valence-electron chi connectivity index (χ2n) is 7.12. The average molecular weight is 451 g/mol. The highest BCUT2D eigenvalue weighted by atomic mass is 79.9. The number of carbonyl (C=O) groups is 1. The van der Waals surface area contributed by atoms with Crippen molar-refractivity contribution < 1.29 is 9.53 Å². The molecular weight excluding hydrogens is 428 g/mol. The van der Waals surface area contributed by atoms with E-state index >= 15 is 0 Å². The van der Waals surface area contributed by atoms with Crippen LogP contribution in [0, 0.1) is 0 Å². The molecule has 0 aliphatic heterocycles. The van der Waals surface area contributed by atoms with Crippen molar-refractivity contribution in [1.82, 2.24) is 19.7 Å². The summed E-state index contributed by atoms with van der Waals surface area (Å²) in [5.74, 6) is 2.98. The first kappa shape index (κ1) is 18.8. The minimum absolute atomic E-state index is 0.0812. The Morgan fingerprint density at radius 3 is 2.67 bits per heavy atom. The lowest BCUT2D eigenvalue weighted by molar-refractivity contribution is -0.127. The number of benzene rings is 1. The molecule has 8 heteroatoms. The smallest absolute Gasteiger partial charge is 0.232 e. The van der Waals surface area contributed by atoms with Crippen LogP contribution in [0.4, 0.5) is 0 Å². The molecule has 0 unspecified atom stereocenters. The second kappa shape index (κ2) is 8.22. The predicted molar refractivity (Wildman–Crippen MR) is 108 cm³/mol. The third-order valence-electron chi connectivity index (χ3n) is 4.80. The van der Waals surface area contributed by atoms with Gasteiger partial charge in [0.05, 0.1) is 12.3 Å². The van der Waals surface area contributed by atoms with E-state index in [4.69, 9.17) is 4.74 Å². The fourth-order valence-corrected chi connectivity index (χ4v) is 4.09. The number of rotatable bonds is 9. The van der Waals surface area contributed by atoms with Gasteiger partial charge in [-0.15, -0.1) is 10.2 Å². The topological polar surface area (TPSA) is 60.2 Å². The van der Waals surface area contributed by atoms with Gasteiger partial charge in [0, 0.05) is 23.5 Å². The summed E-state index contributed by atoms with van der Waals surface area (Å²) >= 11 is 4.90. The first-order valence-electron chi connectivity index (χ1n) is 9.31. The maximum atomic E-state index is 12.4. The van der Waals surface area contributed by atoms with Crippen LogP contribution in [0.25, 0.3) is 0 Å². The van der Waals surface area contributed by atoms with Crippen molar-refractivity contribution >= 4 is 33.6 Å². The van der Waals surface area contributed by atoms with Gasteiger partial charge in [0.1, 0.15) is 18.2 Å². The molecular formula is C19H23BrN4O2S. The molecule has 1 aromatic heterocycles. The molecule has 1 amide bonds. The van der Waals surface area contributed by atoms with E-state index in [0.717, 1.165) is 21.2 Å². The van der Waals surface area contributed by atoms with Crippen LogP contribution in [-0.2, 0) is 4.79 Å². The molecule has 2 fully saturated rings. The molecule has 2 aliphatic rings. The van der Waals surface area contributed by atoms with Crippen LogP contribution >= 0.6 is 27.7 Å². The molecule has 27 heavy (non-hydrogen) atoms. The molecule has 1 aromatic carbocycles. The highest BCUT2D eigenvalue weighted by Crippen LogP contribution is 2.45. The van der Waals surface area contributed by atoms with Gasteiger partial charge >= 0.3 is 0 Å². The highest BCUT2D eigenvalue weighted by molar-refractivity contribution is 9.10. The van der Waals surface area contributed by atoms with Gasteiger partial charge in [0.2, 0.25) is 5.91 Å². The summed E-state index contributed by atoms with van der Waals surface area (Å²) in [6, 6.07) is 8.23. The Balaban J connectivity index is 1.25. The molecule has 2 aliphatic carbocycles. The molecule has 0 radical (unpaired) electrons. The summed E-state index contributed by atoms with van der Waals surface area (Å²) in [5, 5.41) is 9.65. The predicted octanol–water partition coefficient (Wildman–Crippen LogP) is 3.88. The molecule has 6 nitrogen and oxygen atoms in total. The molecule has 0 atom stereocenters. The first-order chi connectivity index (χ1) is 13.1. The number of hydrogen-bond donors (Lipinski definition) is 0. The maximum absolute atomic E-state index is 12.4. The third-order valence-corrected chi connectivity index (χ3v) is 6.26. The van der Waals surface area contributed by atoms with Crippen LogP contribution in [0.2, 0.25) is 0 Å². The van der Waals surface area contributed by atoms with Crippen molar-refractivity contribution in [3.05, 3.63) is 34.6 Å². The Morgan fingerprint density at radius 1 is 1.26 bits per heavy atom. The van der Waals surface area contributed by atoms with Crippen molar-refractivity contribution in [2.45, 2.75) is 42.8 Å². The molecule has 1 heterocycles. The van der Waals surface area contributed by atoms with Gasteiger partial charge in [-0.1, -0.05) is 27.7 Å². The van der Waals surface area contributed by atoms with E-state index in [1.54, 1.807) is 4.90 Å². The van der Waals surface area contributed by atoms with E-state index in [1.807, 2.05) is 31.3 Å². The monoisotopic (exact) mass is 450 g/mol. The number of carbonyl (C=O) groups excluding carboxylic acids is 1. The summed E-state index contributed by atoms with van der Waals surface area (Å²) < 4.78 is 8.99. The average Bonchev–Trinajstić information content (AvgIpc) is 3.60. The van der Waals surface area contributed by atoms with Crippen molar-refractivity contribution in [1.29, 1.82) is 0 Å². The van der Waals surface area contributed by atoms with Gasteiger partial charge in [-0.2, -0.15) is 0 Å². The fraction of sp³-hybridized carbons (Fsp3) is 0.526. The minimum atomic E-state index is 0.0812. The number of amides is 1. The number of thioether (sulfide) groups is 1. The van der Waals surface area contributed by atoms with Crippen molar-refractivity contribution in [2.24, 2.45) is 0 Å². The minimum Gasteiger partial charge on any atom is -0.492 e. The molecule has 2 aromatic rings. The lowest BCUT2D eigenvalue weighted by atomic mass is 10.3. The van der Waals surface area contributed by atoms with Gasteiger partial charge in [-0.3, -0.25) is 4.79 Å². The largest absolute Gasteiger partial charge is 0.492 e. The quantitative estimate of drug-likeness (QED) is 0.542. The zero-order valence-electron chi connectivity index (χ0n) is 15.3. The third kappa shape index (κ3) is 4.85. The van der Waals surface area contributed by atoms with E-state index in [2.05, 4.69) is 30.7 Å². The molecule has 2 saturated carbocycles. The molecule has 144 valence electrons. The van der Waals surface area contributed by atoms with E-state index < -0.39 is 0 Å². The Bertz CT molecular complexity index is 803. The number of likely N-dealkylation sites (N-methyl/N-ethyl adjacent to an activating group) is 1. The van der Waals surface area contributed by atoms with Crippen LogP contribution in [0.5, 0.6) is 5.75 Å². The maximum Gasteiger partial charge on any atom is 0.232 e. The van der Waals surface area contributed by atoms with Crippen molar-refractivity contribution in [3.63, 3.8) is 0 Å². The van der Waals surface area contributed by atoms with Gasteiger partial charge in [0.25, 0.3) is 0 Å². The van der Waals surface area contributed by atoms with Crippen LogP contribution in [0.3, 0.4) is 0 Å². The van der Waals surface area contributed by atoms with Crippen LogP contribution in [0.15, 0.2) is 33.9 Å². The SMILES string of the molecule is CN(CCOc1ccc(Br)cc1)C(=O)CSc1nnc(C2CC2)n1C1CC1. The molecule has 0 spiro atoms. The Labute approximate surface area is 171 Å². The molecule has 0 saturated heterocycles. The summed E-state index contributed by atoms with van der Waals surface area (Å²) in [7, 11) is 1.81. The van der Waals surface area contributed by atoms with Crippen molar-refractivity contribution in [2.75, 3.05) is 26.0 Å². The van der Waals surface area contributed by atoms with Crippen LogP contribution < -0.4 is 4.74 Å². The Hall–Kier alpha value is -1.54. The van der Waals surface area contributed by atoms with Gasteiger partial charge in [-0.25, -0.2) is 0 Å². The molecule has 0 N–H and O–H groups in total. The Morgan fingerprint density at radius 2 is 2.00 bits per heavy atom. The number of halogens is 1. The zero-order valence-corrected chi connectivity index (χ0v) is 17.7. The summed E-state index contributed by atoms with van der Waals surface area (Å²) in [4.78, 5) is 14.2. The summed E-state index contributed by atoms with van der Waals surface area (Å²) in [6.45, 7) is 1.02. The van der Waals surface area contributed by atoms with E-state index in [0.29, 0.717) is 30.9 Å². The van der Waals surface area contributed by atoms with Crippen LogP contribution in [0.1, 0.15) is 43.5 Å². The normalized spacial score (nSPS) is 16.4. The van der Waals surface area contributed by atoms with Gasteiger partial charge in [-0.05, 0) is 49.9 Å². The highest BCUT2D eigenvalue weighted by Gasteiger charge is 2.36. The van der Waals surface area contributed by atoms with Crippen molar-refractivity contribution in [3.8, 4) is 5.75 Å². The molecule has 0 bridgehead atoms. The van der Waals surface area contributed by atoms with Gasteiger partial charge in [0.15, 0.2) is 5.16 Å². The first-order valence-corrected chi connectivity index (χ1v) is 11.1. The number of hydrogen-bond acceptors (Lipinski definition) is 5.